The summed E-state index contributed by atoms with van der Waals surface area (Å²) in [6.45, 7) is 9.79. The topological polar surface area (TPSA) is 47.9 Å². The lowest BCUT2D eigenvalue weighted by Crippen LogP contribution is -2.48. The quantitative estimate of drug-likeness (QED) is 0.438. The number of aliphatic hydroxyl groups excluding tert-OH is 1. The molecule has 0 bridgehead atoms. The molecule has 0 rings (SSSR count). The van der Waals surface area contributed by atoms with Gasteiger partial charge < -0.3 is 22.9 Å². The van der Waals surface area contributed by atoms with E-state index in [0.29, 0.717) is 19.8 Å². The van der Waals surface area contributed by atoms with Crippen LogP contribution in [0, 0.1) is 0 Å². The van der Waals surface area contributed by atoms with E-state index < -0.39 is 8.80 Å². The Morgan fingerprint density at radius 1 is 0.895 bits per heavy atom. The second-order valence-electron chi connectivity index (χ2n) is 5.19. The van der Waals surface area contributed by atoms with Gasteiger partial charge in [0.25, 0.3) is 0 Å². The van der Waals surface area contributed by atoms with Crippen LogP contribution in [0.2, 0.25) is 6.04 Å². The molecule has 0 aliphatic heterocycles. The van der Waals surface area contributed by atoms with Crippen molar-refractivity contribution in [2.75, 3.05) is 53.6 Å². The van der Waals surface area contributed by atoms with Gasteiger partial charge in [-0.05, 0) is 20.8 Å². The molecule has 0 aliphatic rings. The third-order valence-corrected chi connectivity index (χ3v) is 6.20. The summed E-state index contributed by atoms with van der Waals surface area (Å²) < 4.78 is 18.3. The Bertz CT molecular complexity index is 210. The molecule has 1 N–H and O–H groups in total. The molecule has 6 heteroatoms. The van der Waals surface area contributed by atoms with Crippen molar-refractivity contribution in [3.05, 3.63) is 0 Å². The first-order valence-electron chi connectivity index (χ1n) is 7.30. The number of quaternary nitrogens is 1. The highest BCUT2D eigenvalue weighted by Crippen LogP contribution is 2.19. The summed E-state index contributed by atoms with van der Waals surface area (Å²) in [5, 5.41) is 9.03. The summed E-state index contributed by atoms with van der Waals surface area (Å²) in [5.74, 6) is 0. The molecule has 0 saturated carbocycles. The van der Waals surface area contributed by atoms with Crippen LogP contribution in [0.1, 0.15) is 27.2 Å². The van der Waals surface area contributed by atoms with Crippen LogP contribution >= 0.6 is 0 Å². The number of likely N-dealkylation sites (N-methyl/N-ethyl adjacent to an activating group) is 1. The van der Waals surface area contributed by atoms with E-state index in [4.69, 9.17) is 18.4 Å². The Balaban J connectivity index is 4.38. The number of rotatable bonds is 12. The van der Waals surface area contributed by atoms with Crippen molar-refractivity contribution in [3.8, 4) is 0 Å². The van der Waals surface area contributed by atoms with Crippen LogP contribution in [0.3, 0.4) is 0 Å². The van der Waals surface area contributed by atoms with Crippen molar-refractivity contribution < 1.29 is 22.9 Å². The fraction of sp³-hybridized carbons (Fsp3) is 1.00. The van der Waals surface area contributed by atoms with Gasteiger partial charge in [-0.25, -0.2) is 0 Å². The van der Waals surface area contributed by atoms with Gasteiger partial charge in [-0.2, -0.15) is 0 Å². The number of hydrogen-bond donors (Lipinski definition) is 1. The Kier molecular flexibility index (Phi) is 9.86. The van der Waals surface area contributed by atoms with E-state index in [0.717, 1.165) is 30.0 Å². The second-order valence-corrected chi connectivity index (χ2v) is 7.92. The maximum atomic E-state index is 9.03. The molecule has 0 spiro atoms. The lowest BCUT2D eigenvalue weighted by Gasteiger charge is -2.32. The lowest BCUT2D eigenvalue weighted by atomic mass is 10.4. The zero-order chi connectivity index (χ0) is 14.8. The van der Waals surface area contributed by atoms with Gasteiger partial charge in [0.1, 0.15) is 6.54 Å². The van der Waals surface area contributed by atoms with Crippen molar-refractivity contribution in [2.45, 2.75) is 33.2 Å². The van der Waals surface area contributed by atoms with Gasteiger partial charge in [0, 0.05) is 32.3 Å². The summed E-state index contributed by atoms with van der Waals surface area (Å²) in [5.41, 5.74) is 0. The standard InChI is InChI=1S/C13H32NO4Si/c1-6-16-19(17-7-2,18-8-3)13-9-10-14(4,5)11-12-15/h15H,6-13H2,1-5H3/q+1. The maximum Gasteiger partial charge on any atom is 0.501 e. The van der Waals surface area contributed by atoms with E-state index in [1.807, 2.05) is 20.8 Å². The average Bonchev–Trinajstić information content (AvgIpc) is 2.29. The molecule has 0 saturated heterocycles. The van der Waals surface area contributed by atoms with Gasteiger partial charge in [0.05, 0.1) is 27.2 Å². The normalized spacial score (nSPS) is 12.9. The van der Waals surface area contributed by atoms with E-state index in [1.165, 1.54) is 0 Å². The average molecular weight is 294 g/mol. The van der Waals surface area contributed by atoms with Crippen molar-refractivity contribution in [3.63, 3.8) is 0 Å². The summed E-state index contributed by atoms with van der Waals surface area (Å²) >= 11 is 0. The van der Waals surface area contributed by atoms with Crippen LogP contribution in [-0.2, 0) is 13.3 Å². The molecular formula is C13H32NO4Si+. The monoisotopic (exact) mass is 294 g/mol. The van der Waals surface area contributed by atoms with Crippen molar-refractivity contribution in [1.29, 1.82) is 0 Å². The Morgan fingerprint density at radius 3 is 1.74 bits per heavy atom. The molecule has 0 atom stereocenters. The number of nitrogens with zero attached hydrogens (tertiary/aromatic N) is 1. The minimum absolute atomic E-state index is 0.220. The number of aliphatic hydroxyl groups is 1. The van der Waals surface area contributed by atoms with Crippen LogP contribution in [0.25, 0.3) is 0 Å². The summed E-state index contributed by atoms with van der Waals surface area (Å²) in [4.78, 5) is 0. The molecular weight excluding hydrogens is 262 g/mol. The Labute approximate surface area is 119 Å². The highest BCUT2D eigenvalue weighted by molar-refractivity contribution is 6.60. The van der Waals surface area contributed by atoms with Crippen LogP contribution in [0.15, 0.2) is 0 Å². The van der Waals surface area contributed by atoms with E-state index in [1.54, 1.807) is 0 Å². The minimum Gasteiger partial charge on any atom is -0.391 e. The predicted octanol–water partition coefficient (Wildman–Crippen LogP) is 1.49. The molecule has 5 nitrogen and oxygen atoms in total. The second kappa shape index (κ2) is 9.85. The maximum absolute atomic E-state index is 9.03. The fourth-order valence-electron chi connectivity index (χ4n) is 2.11. The predicted molar refractivity (Wildman–Crippen MR) is 79.0 cm³/mol. The molecule has 0 amide bonds. The van der Waals surface area contributed by atoms with E-state index in [-0.39, 0.29) is 6.61 Å². The zero-order valence-corrected chi connectivity index (χ0v) is 14.3. The third kappa shape index (κ3) is 8.01. The van der Waals surface area contributed by atoms with E-state index >= 15 is 0 Å². The van der Waals surface area contributed by atoms with Gasteiger partial charge in [-0.1, -0.05) is 0 Å². The third-order valence-electron chi connectivity index (χ3n) is 3.04. The van der Waals surface area contributed by atoms with E-state index in [9.17, 15) is 0 Å². The van der Waals surface area contributed by atoms with Crippen LogP contribution in [0.5, 0.6) is 0 Å². The zero-order valence-electron chi connectivity index (χ0n) is 13.3. The SMILES string of the molecule is CCO[Si](CCC[N+](C)(C)CCO)(OCC)OCC. The summed E-state index contributed by atoms with van der Waals surface area (Å²) in [6, 6.07) is 0.843. The molecule has 0 fully saturated rings. The molecule has 116 valence electrons. The van der Waals surface area contributed by atoms with Crippen molar-refractivity contribution >= 4 is 8.80 Å². The van der Waals surface area contributed by atoms with Crippen LogP contribution in [0.4, 0.5) is 0 Å². The van der Waals surface area contributed by atoms with Crippen molar-refractivity contribution in [1.82, 2.24) is 0 Å². The highest BCUT2D eigenvalue weighted by atomic mass is 28.4. The number of hydrogen-bond acceptors (Lipinski definition) is 4. The van der Waals surface area contributed by atoms with E-state index in [2.05, 4.69) is 14.1 Å². The molecule has 0 radical (unpaired) electrons. The molecule has 0 aromatic carbocycles. The van der Waals surface area contributed by atoms with Crippen LogP contribution in [-0.4, -0.2) is 72.0 Å². The Morgan fingerprint density at radius 2 is 1.37 bits per heavy atom. The summed E-state index contributed by atoms with van der Waals surface area (Å²) in [7, 11) is 1.76. The fourth-order valence-corrected chi connectivity index (χ4v) is 4.70. The molecule has 19 heavy (non-hydrogen) atoms. The van der Waals surface area contributed by atoms with Crippen molar-refractivity contribution in [2.24, 2.45) is 0 Å². The Hall–Kier alpha value is 0.0169. The summed E-state index contributed by atoms with van der Waals surface area (Å²) in [6.07, 6.45) is 0.985. The first-order valence-corrected chi connectivity index (χ1v) is 9.23. The molecule has 0 heterocycles. The van der Waals surface area contributed by atoms with Gasteiger partial charge in [-0.15, -0.1) is 0 Å². The van der Waals surface area contributed by atoms with Gasteiger partial charge in [0.2, 0.25) is 0 Å². The lowest BCUT2D eigenvalue weighted by molar-refractivity contribution is -0.890. The van der Waals surface area contributed by atoms with Gasteiger partial charge >= 0.3 is 8.80 Å². The highest BCUT2D eigenvalue weighted by Gasteiger charge is 2.40. The minimum atomic E-state index is -2.49. The molecule has 0 aromatic rings. The largest absolute Gasteiger partial charge is 0.501 e. The first kappa shape index (κ1) is 19.0. The smallest absolute Gasteiger partial charge is 0.391 e. The van der Waals surface area contributed by atoms with Crippen LogP contribution < -0.4 is 0 Å². The molecule has 0 aromatic heterocycles. The van der Waals surface area contributed by atoms with Gasteiger partial charge in [0.15, 0.2) is 0 Å². The molecule has 0 unspecified atom stereocenters. The first-order chi connectivity index (χ1) is 8.95. The van der Waals surface area contributed by atoms with Gasteiger partial charge in [-0.3, -0.25) is 0 Å². The molecule has 0 aliphatic carbocycles.